The molecule has 0 radical (unpaired) electrons. The number of benzene rings is 3. The lowest BCUT2D eigenvalue weighted by Gasteiger charge is -2.26. The van der Waals surface area contributed by atoms with Gasteiger partial charge >= 0.3 is 0 Å². The lowest BCUT2D eigenvalue weighted by molar-refractivity contribution is 0.108. The molecule has 1 unspecified atom stereocenters. The van der Waals surface area contributed by atoms with Crippen molar-refractivity contribution in [2.75, 3.05) is 18.8 Å². The van der Waals surface area contributed by atoms with Crippen molar-refractivity contribution >= 4 is 52.9 Å². The van der Waals surface area contributed by atoms with Crippen LogP contribution < -0.4 is 5.73 Å². The molecule has 3 aromatic rings. The van der Waals surface area contributed by atoms with E-state index in [9.17, 15) is 5.11 Å². The molecule has 0 heterocycles. The van der Waals surface area contributed by atoms with E-state index in [0.717, 1.165) is 31.0 Å². The lowest BCUT2D eigenvalue weighted by atomic mass is 10.1. The van der Waals surface area contributed by atoms with Crippen LogP contribution in [0.25, 0.3) is 0 Å². The Labute approximate surface area is 205 Å². The number of rotatable bonds is 9. The highest BCUT2D eigenvalue weighted by Crippen LogP contribution is 2.31. The highest BCUT2D eigenvalue weighted by Gasteiger charge is 2.17. The Kier molecular flexibility index (Phi) is 10.4. The van der Waals surface area contributed by atoms with Gasteiger partial charge in [0.05, 0.1) is 21.8 Å². The summed E-state index contributed by atoms with van der Waals surface area (Å²) in [5.41, 5.74) is 9.26. The summed E-state index contributed by atoms with van der Waals surface area (Å²) in [6.45, 7) is 2.05. The van der Waals surface area contributed by atoms with Crippen molar-refractivity contribution in [3.63, 3.8) is 0 Å². The second-order valence-electron chi connectivity index (χ2n) is 7.36. The predicted molar refractivity (Wildman–Crippen MR) is 135 cm³/mol. The minimum Gasteiger partial charge on any atom is -0.396 e. The van der Waals surface area contributed by atoms with Crippen molar-refractivity contribution in [3.8, 4) is 0 Å². The molecule has 0 amide bonds. The van der Waals surface area contributed by atoms with Gasteiger partial charge in [-0.1, -0.05) is 77.3 Å². The molecule has 31 heavy (non-hydrogen) atoms. The van der Waals surface area contributed by atoms with Gasteiger partial charge in [0.1, 0.15) is 0 Å². The third-order valence-electron chi connectivity index (χ3n) is 5.02. The van der Waals surface area contributed by atoms with Crippen LogP contribution in [0, 0.1) is 0 Å². The zero-order chi connectivity index (χ0) is 21.5. The molecule has 166 valence electrons. The van der Waals surface area contributed by atoms with Crippen molar-refractivity contribution < 1.29 is 5.11 Å². The van der Waals surface area contributed by atoms with Gasteiger partial charge in [0.2, 0.25) is 0 Å². The van der Waals surface area contributed by atoms with Crippen LogP contribution in [-0.2, 0) is 13.0 Å². The Morgan fingerprint density at radius 2 is 1.48 bits per heavy atom. The van der Waals surface area contributed by atoms with Gasteiger partial charge in [-0.05, 0) is 60.3 Å². The average molecular weight is 500 g/mol. The molecule has 3 nitrogen and oxygen atoms in total. The maximum Gasteiger partial charge on any atom is 0.0918 e. The van der Waals surface area contributed by atoms with E-state index in [4.69, 9.17) is 40.5 Å². The fourth-order valence-corrected chi connectivity index (χ4v) is 4.01. The van der Waals surface area contributed by atoms with Crippen molar-refractivity contribution in [2.24, 2.45) is 0 Å². The third kappa shape index (κ3) is 7.87. The highest BCUT2D eigenvalue weighted by molar-refractivity contribution is 6.38. The Hall–Kier alpha value is -1.46. The first kappa shape index (κ1) is 25.8. The second kappa shape index (κ2) is 12.5. The van der Waals surface area contributed by atoms with Crippen LogP contribution in [0.3, 0.4) is 0 Å². The van der Waals surface area contributed by atoms with Crippen LogP contribution in [-0.4, -0.2) is 23.1 Å². The molecule has 3 rings (SSSR count). The molecule has 7 heteroatoms. The number of nitrogen functional groups attached to an aromatic ring is 1. The molecule has 0 bridgehead atoms. The van der Waals surface area contributed by atoms with Gasteiger partial charge in [0.25, 0.3) is 0 Å². The number of aryl methyl sites for hydroxylation is 1. The Morgan fingerprint density at radius 1 is 0.871 bits per heavy atom. The lowest BCUT2D eigenvalue weighted by Crippen LogP contribution is -2.29. The highest BCUT2D eigenvalue weighted by atomic mass is 35.5. The number of hydrogen-bond donors (Lipinski definition) is 2. The predicted octanol–water partition coefficient (Wildman–Crippen LogP) is 6.82. The van der Waals surface area contributed by atoms with Gasteiger partial charge in [-0.2, -0.15) is 0 Å². The summed E-state index contributed by atoms with van der Waals surface area (Å²) in [5.74, 6) is 0. The molecule has 3 N–H and O–H groups in total. The second-order valence-corrected chi connectivity index (χ2v) is 8.62. The topological polar surface area (TPSA) is 49.5 Å². The minimum absolute atomic E-state index is 0. The molecule has 0 aromatic heterocycles. The Balaban J connectivity index is 0.00000341. The summed E-state index contributed by atoms with van der Waals surface area (Å²) in [6.07, 6.45) is 1.18. The van der Waals surface area contributed by atoms with Crippen LogP contribution in [0.2, 0.25) is 15.1 Å². The van der Waals surface area contributed by atoms with E-state index in [2.05, 4.69) is 29.2 Å². The van der Waals surface area contributed by atoms with E-state index in [1.54, 1.807) is 12.1 Å². The molecule has 0 fully saturated rings. The normalized spacial score (nSPS) is 11.9. The van der Waals surface area contributed by atoms with Gasteiger partial charge in [0.15, 0.2) is 0 Å². The number of halogens is 4. The number of nitrogens with zero attached hydrogens (tertiary/aromatic N) is 1. The molecule has 0 spiro atoms. The van der Waals surface area contributed by atoms with Gasteiger partial charge in [-0.25, -0.2) is 0 Å². The van der Waals surface area contributed by atoms with E-state index in [1.807, 2.05) is 30.3 Å². The standard InChI is InChI=1S/C24H25Cl3N2O.ClH/c25-20-10-8-17(9-11-20)7-4-12-29(15-18-5-2-1-3-6-18)16-23(30)19-13-21(26)24(28)22(27)14-19;/h1-3,5-6,8-11,13-14,23,30H,4,7,12,15-16,28H2;1H. The van der Waals surface area contributed by atoms with Crippen molar-refractivity contribution in [1.29, 1.82) is 0 Å². The van der Waals surface area contributed by atoms with Crippen LogP contribution in [0.15, 0.2) is 66.7 Å². The summed E-state index contributed by atoms with van der Waals surface area (Å²) in [4.78, 5) is 2.24. The number of hydrogen-bond acceptors (Lipinski definition) is 3. The minimum atomic E-state index is -0.722. The monoisotopic (exact) mass is 498 g/mol. The first-order chi connectivity index (χ1) is 14.4. The van der Waals surface area contributed by atoms with Crippen molar-refractivity contribution in [2.45, 2.75) is 25.5 Å². The van der Waals surface area contributed by atoms with E-state index >= 15 is 0 Å². The summed E-state index contributed by atoms with van der Waals surface area (Å²) in [6, 6.07) is 21.5. The van der Waals surface area contributed by atoms with Gasteiger partial charge in [0, 0.05) is 18.1 Å². The van der Waals surface area contributed by atoms with E-state index in [0.29, 0.717) is 27.8 Å². The summed E-state index contributed by atoms with van der Waals surface area (Å²) in [5, 5.41) is 12.3. The summed E-state index contributed by atoms with van der Waals surface area (Å²) < 4.78 is 0. The molecule has 3 aromatic carbocycles. The molecular formula is C24H26Cl4N2O. The summed E-state index contributed by atoms with van der Waals surface area (Å²) >= 11 is 18.3. The average Bonchev–Trinajstić information content (AvgIpc) is 2.73. The molecular weight excluding hydrogens is 474 g/mol. The van der Waals surface area contributed by atoms with Gasteiger partial charge in [-0.3, -0.25) is 4.90 Å². The first-order valence-electron chi connectivity index (χ1n) is 9.85. The fraction of sp³-hybridized carbons (Fsp3) is 0.250. The van der Waals surface area contributed by atoms with E-state index in [-0.39, 0.29) is 12.4 Å². The maximum absolute atomic E-state index is 10.8. The quantitative estimate of drug-likeness (QED) is 0.317. The zero-order valence-electron chi connectivity index (χ0n) is 17.0. The number of nitrogens with two attached hydrogens (primary N) is 1. The molecule has 0 aliphatic rings. The van der Waals surface area contributed by atoms with Crippen molar-refractivity contribution in [3.05, 3.63) is 98.5 Å². The SMILES string of the molecule is Cl.Nc1c(Cl)cc(C(O)CN(CCCc2ccc(Cl)cc2)Cc2ccccc2)cc1Cl. The van der Waals surface area contributed by atoms with Crippen molar-refractivity contribution in [1.82, 2.24) is 4.90 Å². The number of aliphatic hydroxyl groups is 1. The maximum atomic E-state index is 10.8. The molecule has 0 aliphatic carbocycles. The van der Waals surface area contributed by atoms with Crippen LogP contribution in [0.5, 0.6) is 0 Å². The molecule has 0 aliphatic heterocycles. The van der Waals surface area contributed by atoms with Gasteiger partial charge < -0.3 is 10.8 Å². The van der Waals surface area contributed by atoms with Crippen LogP contribution in [0.1, 0.15) is 29.2 Å². The largest absolute Gasteiger partial charge is 0.396 e. The smallest absolute Gasteiger partial charge is 0.0918 e. The molecule has 1 atom stereocenters. The first-order valence-corrected chi connectivity index (χ1v) is 11.0. The van der Waals surface area contributed by atoms with E-state index < -0.39 is 6.10 Å². The Bertz CT molecular complexity index is 929. The van der Waals surface area contributed by atoms with E-state index in [1.165, 1.54) is 11.1 Å². The number of aliphatic hydroxyl groups excluding tert-OH is 1. The zero-order valence-corrected chi connectivity index (χ0v) is 20.1. The van der Waals surface area contributed by atoms with Gasteiger partial charge in [-0.15, -0.1) is 12.4 Å². The molecule has 0 saturated heterocycles. The van der Waals surface area contributed by atoms with Crippen LogP contribution in [0.4, 0.5) is 5.69 Å². The Morgan fingerprint density at radius 3 is 2.10 bits per heavy atom. The summed E-state index contributed by atoms with van der Waals surface area (Å²) in [7, 11) is 0. The van der Waals surface area contributed by atoms with Crippen LogP contribution >= 0.6 is 47.2 Å². The third-order valence-corrected chi connectivity index (χ3v) is 5.90. The number of anilines is 1. The fourth-order valence-electron chi connectivity index (χ4n) is 3.38. The molecule has 0 saturated carbocycles.